The Hall–Kier alpha value is -7.30. The molecule has 4 heteroatoms. The predicted octanol–water partition coefficient (Wildman–Crippen LogP) is 12.0. The van der Waals surface area contributed by atoms with Crippen molar-refractivity contribution in [2.45, 2.75) is 5.41 Å². The van der Waals surface area contributed by atoms with Crippen molar-refractivity contribution in [3.63, 3.8) is 0 Å². The van der Waals surface area contributed by atoms with Gasteiger partial charge in [-0.25, -0.2) is 15.0 Å². The van der Waals surface area contributed by atoms with Gasteiger partial charge in [0.25, 0.3) is 0 Å². The molecule has 0 saturated heterocycles. The molecule has 0 saturated carbocycles. The molecule has 258 valence electrons. The summed E-state index contributed by atoms with van der Waals surface area (Å²) in [4.78, 5) is 19.4. The standard InChI is InChI=1S/C51H34N4/c1-4-14-37(15-5-1)48-53-49(38-28-26-35(27-29-38)36-30-32-52-33-31-36)55-50(54-48)40-17-12-16-39(34-40)43-23-13-25-46-47(43)44-22-10-11-24-45(44)51(46,41-18-6-2-7-19-41)42-20-8-3-9-21-42/h1-34H. The summed E-state index contributed by atoms with van der Waals surface area (Å²) < 4.78 is 0. The smallest absolute Gasteiger partial charge is 0.164 e. The highest BCUT2D eigenvalue weighted by Gasteiger charge is 2.46. The Kier molecular flexibility index (Phi) is 8.00. The van der Waals surface area contributed by atoms with Gasteiger partial charge in [0.05, 0.1) is 5.41 Å². The summed E-state index contributed by atoms with van der Waals surface area (Å²) in [6.45, 7) is 0. The molecule has 0 fully saturated rings. The number of hydrogen-bond acceptors (Lipinski definition) is 4. The van der Waals surface area contributed by atoms with Gasteiger partial charge >= 0.3 is 0 Å². The van der Waals surface area contributed by atoms with Crippen molar-refractivity contribution < 1.29 is 0 Å². The van der Waals surface area contributed by atoms with Crippen LogP contribution in [0.2, 0.25) is 0 Å². The molecular formula is C51H34N4. The van der Waals surface area contributed by atoms with Crippen LogP contribution in [0.25, 0.3) is 67.5 Å². The molecule has 1 aliphatic carbocycles. The van der Waals surface area contributed by atoms with Crippen molar-refractivity contribution in [1.82, 2.24) is 19.9 Å². The first-order chi connectivity index (χ1) is 27.3. The van der Waals surface area contributed by atoms with E-state index >= 15 is 0 Å². The number of rotatable bonds is 7. The molecule has 0 unspecified atom stereocenters. The highest BCUT2D eigenvalue weighted by Crippen LogP contribution is 2.58. The number of benzene rings is 7. The fraction of sp³-hybridized carbons (Fsp3) is 0.0196. The van der Waals surface area contributed by atoms with Gasteiger partial charge in [-0.05, 0) is 73.8 Å². The van der Waals surface area contributed by atoms with Gasteiger partial charge in [-0.1, -0.05) is 176 Å². The molecule has 0 N–H and O–H groups in total. The number of fused-ring (bicyclic) bond motifs is 3. The second-order valence-corrected chi connectivity index (χ2v) is 13.8. The van der Waals surface area contributed by atoms with E-state index in [2.05, 4.69) is 157 Å². The van der Waals surface area contributed by atoms with Gasteiger partial charge in [0, 0.05) is 29.1 Å². The first-order valence-corrected chi connectivity index (χ1v) is 18.5. The molecule has 0 bridgehead atoms. The molecule has 2 aromatic heterocycles. The van der Waals surface area contributed by atoms with Crippen molar-refractivity contribution in [3.05, 3.63) is 229 Å². The zero-order valence-corrected chi connectivity index (χ0v) is 29.9. The maximum Gasteiger partial charge on any atom is 0.164 e. The lowest BCUT2D eigenvalue weighted by Crippen LogP contribution is -2.28. The molecule has 2 heterocycles. The minimum absolute atomic E-state index is 0.470. The molecule has 0 spiro atoms. The Morgan fingerprint density at radius 2 is 0.764 bits per heavy atom. The average Bonchev–Trinajstić information content (AvgIpc) is 3.59. The highest BCUT2D eigenvalue weighted by molar-refractivity contribution is 5.96. The minimum Gasteiger partial charge on any atom is -0.265 e. The first-order valence-electron chi connectivity index (χ1n) is 18.5. The van der Waals surface area contributed by atoms with E-state index in [1.807, 2.05) is 54.9 Å². The minimum atomic E-state index is -0.470. The summed E-state index contributed by atoms with van der Waals surface area (Å²) in [6.07, 6.45) is 3.63. The summed E-state index contributed by atoms with van der Waals surface area (Å²) in [5, 5.41) is 0. The van der Waals surface area contributed by atoms with E-state index < -0.39 is 5.41 Å². The number of hydrogen-bond donors (Lipinski definition) is 0. The molecule has 0 aliphatic heterocycles. The molecule has 7 aromatic carbocycles. The largest absolute Gasteiger partial charge is 0.265 e. The maximum absolute atomic E-state index is 5.12. The molecule has 0 radical (unpaired) electrons. The number of aromatic nitrogens is 4. The second-order valence-electron chi connectivity index (χ2n) is 13.8. The van der Waals surface area contributed by atoms with Gasteiger partial charge in [0.1, 0.15) is 0 Å². The summed E-state index contributed by atoms with van der Waals surface area (Å²) in [5.74, 6) is 1.88. The summed E-state index contributed by atoms with van der Waals surface area (Å²) in [6, 6.07) is 68.7. The summed E-state index contributed by atoms with van der Waals surface area (Å²) in [5.41, 5.74) is 14.4. The third-order valence-electron chi connectivity index (χ3n) is 10.7. The Morgan fingerprint density at radius 3 is 1.44 bits per heavy atom. The molecular weight excluding hydrogens is 669 g/mol. The SMILES string of the molecule is c1ccc(-c2nc(-c3ccc(-c4ccncc4)cc3)nc(-c3cccc(-c4cccc5c4-c4ccccc4C5(c4ccccc4)c4ccccc4)c3)n2)cc1. The van der Waals surface area contributed by atoms with Crippen molar-refractivity contribution >= 4 is 0 Å². The molecule has 10 rings (SSSR count). The van der Waals surface area contributed by atoms with E-state index in [9.17, 15) is 0 Å². The topological polar surface area (TPSA) is 51.6 Å². The van der Waals surface area contributed by atoms with E-state index in [4.69, 9.17) is 15.0 Å². The lowest BCUT2D eigenvalue weighted by molar-refractivity contribution is 0.768. The first kappa shape index (κ1) is 32.4. The van der Waals surface area contributed by atoms with E-state index in [-0.39, 0.29) is 0 Å². The van der Waals surface area contributed by atoms with Crippen LogP contribution in [0.4, 0.5) is 0 Å². The third kappa shape index (κ3) is 5.55. The fourth-order valence-corrected chi connectivity index (χ4v) is 8.27. The van der Waals surface area contributed by atoms with Crippen LogP contribution < -0.4 is 0 Å². The fourth-order valence-electron chi connectivity index (χ4n) is 8.27. The highest BCUT2D eigenvalue weighted by atomic mass is 15.0. The van der Waals surface area contributed by atoms with Crippen molar-refractivity contribution in [2.75, 3.05) is 0 Å². The second kappa shape index (κ2) is 13.6. The van der Waals surface area contributed by atoms with E-state index in [1.165, 1.54) is 38.9 Å². The van der Waals surface area contributed by atoms with Gasteiger partial charge in [0.15, 0.2) is 17.5 Å². The maximum atomic E-state index is 5.12. The van der Waals surface area contributed by atoms with E-state index in [0.717, 1.165) is 33.4 Å². The summed E-state index contributed by atoms with van der Waals surface area (Å²) in [7, 11) is 0. The van der Waals surface area contributed by atoms with Gasteiger partial charge in [0.2, 0.25) is 0 Å². The van der Waals surface area contributed by atoms with Crippen LogP contribution in [0.1, 0.15) is 22.3 Å². The van der Waals surface area contributed by atoms with Crippen molar-refractivity contribution in [1.29, 1.82) is 0 Å². The Labute approximate surface area is 320 Å². The number of nitrogens with zero attached hydrogens (tertiary/aromatic N) is 4. The summed E-state index contributed by atoms with van der Waals surface area (Å²) >= 11 is 0. The van der Waals surface area contributed by atoms with Gasteiger partial charge in [-0.15, -0.1) is 0 Å². The third-order valence-corrected chi connectivity index (χ3v) is 10.7. The molecule has 55 heavy (non-hydrogen) atoms. The van der Waals surface area contributed by atoms with Crippen molar-refractivity contribution in [2.24, 2.45) is 0 Å². The molecule has 9 aromatic rings. The van der Waals surface area contributed by atoms with Crippen LogP contribution in [0.3, 0.4) is 0 Å². The normalized spacial score (nSPS) is 12.5. The van der Waals surface area contributed by atoms with Crippen LogP contribution in [0, 0.1) is 0 Å². The lowest BCUT2D eigenvalue weighted by Gasteiger charge is -2.34. The molecule has 0 atom stereocenters. The number of pyridine rings is 1. The van der Waals surface area contributed by atoms with E-state index in [1.54, 1.807) is 0 Å². The molecule has 0 amide bonds. The van der Waals surface area contributed by atoms with Crippen LogP contribution in [-0.4, -0.2) is 19.9 Å². The van der Waals surface area contributed by atoms with Crippen LogP contribution in [0.15, 0.2) is 207 Å². The van der Waals surface area contributed by atoms with Gasteiger partial charge < -0.3 is 0 Å². The van der Waals surface area contributed by atoms with Gasteiger partial charge in [-0.2, -0.15) is 0 Å². The van der Waals surface area contributed by atoms with Crippen LogP contribution in [0.5, 0.6) is 0 Å². The molecule has 1 aliphatic rings. The quantitative estimate of drug-likeness (QED) is 0.166. The van der Waals surface area contributed by atoms with Crippen LogP contribution in [-0.2, 0) is 5.41 Å². The average molecular weight is 703 g/mol. The Balaban J connectivity index is 1.13. The Morgan fingerprint density at radius 1 is 0.309 bits per heavy atom. The Bertz CT molecular complexity index is 2740. The molecule has 4 nitrogen and oxygen atoms in total. The predicted molar refractivity (Wildman–Crippen MR) is 222 cm³/mol. The van der Waals surface area contributed by atoms with Crippen molar-refractivity contribution in [3.8, 4) is 67.5 Å². The van der Waals surface area contributed by atoms with E-state index in [0.29, 0.717) is 17.5 Å². The zero-order valence-electron chi connectivity index (χ0n) is 29.9. The zero-order chi connectivity index (χ0) is 36.6. The lowest BCUT2D eigenvalue weighted by atomic mass is 9.67. The van der Waals surface area contributed by atoms with Gasteiger partial charge in [-0.3, -0.25) is 4.98 Å². The van der Waals surface area contributed by atoms with Crippen LogP contribution >= 0.6 is 0 Å². The monoisotopic (exact) mass is 702 g/mol.